The van der Waals surface area contributed by atoms with Crippen molar-refractivity contribution in [2.24, 2.45) is 5.73 Å². The molecule has 0 amide bonds. The van der Waals surface area contributed by atoms with Crippen LogP contribution < -0.4 is 5.73 Å². The quantitative estimate of drug-likeness (QED) is 0.797. The number of fused-ring (bicyclic) bond motifs is 1. The fraction of sp³-hybridized carbons (Fsp3) is 0.235. The molecule has 2 heterocycles. The van der Waals surface area contributed by atoms with Crippen molar-refractivity contribution >= 4 is 10.9 Å². The highest BCUT2D eigenvalue weighted by atomic mass is 19.1. The van der Waals surface area contributed by atoms with E-state index in [1.807, 2.05) is 12.1 Å². The van der Waals surface area contributed by atoms with Crippen LogP contribution in [0.3, 0.4) is 0 Å². The van der Waals surface area contributed by atoms with E-state index in [1.165, 1.54) is 17.1 Å². The smallest absolute Gasteiger partial charge is 0.146 e. The number of hydrogen-bond acceptors (Lipinski definition) is 2. The predicted molar refractivity (Wildman–Crippen MR) is 82.7 cm³/mol. The molecule has 4 heteroatoms. The fourth-order valence-corrected chi connectivity index (χ4v) is 2.90. The van der Waals surface area contributed by atoms with Crippen molar-refractivity contribution < 1.29 is 4.39 Å². The number of benzene rings is 1. The number of pyridine rings is 1. The number of aromatic nitrogens is 2. The summed E-state index contributed by atoms with van der Waals surface area (Å²) in [6, 6.07) is 9.79. The Hall–Kier alpha value is -2.20. The van der Waals surface area contributed by atoms with Crippen LogP contribution in [0.2, 0.25) is 0 Å². The van der Waals surface area contributed by atoms with E-state index >= 15 is 0 Å². The molecule has 1 atom stereocenters. The molecule has 3 rings (SSSR count). The topological polar surface area (TPSA) is 43.8 Å². The summed E-state index contributed by atoms with van der Waals surface area (Å²) in [4.78, 5) is 3.83. The van der Waals surface area contributed by atoms with Gasteiger partial charge >= 0.3 is 0 Å². The van der Waals surface area contributed by atoms with E-state index in [0.717, 1.165) is 5.52 Å². The Bertz CT molecular complexity index is 764. The van der Waals surface area contributed by atoms with Crippen LogP contribution in [0.15, 0.2) is 48.9 Å². The van der Waals surface area contributed by atoms with E-state index < -0.39 is 0 Å². The van der Waals surface area contributed by atoms with Crippen LogP contribution in [0, 0.1) is 12.7 Å². The van der Waals surface area contributed by atoms with Crippen molar-refractivity contribution in [2.45, 2.75) is 19.4 Å². The average molecular weight is 283 g/mol. The maximum atomic E-state index is 14.1. The van der Waals surface area contributed by atoms with Gasteiger partial charge in [0.1, 0.15) is 5.82 Å². The van der Waals surface area contributed by atoms with Gasteiger partial charge in [0.15, 0.2) is 0 Å². The number of aryl methyl sites for hydroxylation is 1. The van der Waals surface area contributed by atoms with Crippen LogP contribution >= 0.6 is 0 Å². The normalized spacial score (nSPS) is 12.7. The van der Waals surface area contributed by atoms with Crippen LogP contribution in [0.1, 0.15) is 23.6 Å². The molecule has 0 radical (unpaired) electrons. The number of halogens is 1. The first kappa shape index (κ1) is 13.8. The van der Waals surface area contributed by atoms with Crippen LogP contribution in [0.25, 0.3) is 10.9 Å². The molecule has 3 aromatic rings. The molecule has 0 saturated heterocycles. The number of nitrogens with two attached hydrogens (primary N) is 1. The van der Waals surface area contributed by atoms with Gasteiger partial charge in [-0.15, -0.1) is 0 Å². The largest absolute Gasteiger partial charge is 0.340 e. The van der Waals surface area contributed by atoms with Gasteiger partial charge < -0.3 is 10.3 Å². The zero-order valence-electron chi connectivity index (χ0n) is 12.0. The lowest BCUT2D eigenvalue weighted by Crippen LogP contribution is -2.16. The van der Waals surface area contributed by atoms with Crippen LogP contribution in [0.4, 0.5) is 4.39 Å². The molecule has 0 bridgehead atoms. The van der Waals surface area contributed by atoms with E-state index in [0.29, 0.717) is 18.5 Å². The number of para-hydroxylation sites is 1. The van der Waals surface area contributed by atoms with Crippen molar-refractivity contribution in [3.05, 3.63) is 65.9 Å². The lowest BCUT2D eigenvalue weighted by molar-refractivity contribution is 0.515. The monoisotopic (exact) mass is 283 g/mol. The lowest BCUT2D eigenvalue weighted by Gasteiger charge is -2.20. The van der Waals surface area contributed by atoms with E-state index in [4.69, 9.17) is 5.73 Å². The first-order chi connectivity index (χ1) is 10.2. The highest BCUT2D eigenvalue weighted by molar-refractivity contribution is 5.83. The second kappa shape index (κ2) is 5.66. The van der Waals surface area contributed by atoms with Gasteiger partial charge in [-0.1, -0.05) is 18.2 Å². The Morgan fingerprint density at radius 2 is 2.10 bits per heavy atom. The Balaban J connectivity index is 2.19. The standard InChI is InChI=1S/C17H18FN3/c1-12-11-21(16-5-3-2-4-13(12)16)17(6-8-19)14-7-9-20-10-15(14)18/h2-5,7,9-11,17H,6,8,19H2,1H3. The van der Waals surface area contributed by atoms with Gasteiger partial charge in [-0.3, -0.25) is 4.98 Å². The van der Waals surface area contributed by atoms with Crippen molar-refractivity contribution in [3.8, 4) is 0 Å². The van der Waals surface area contributed by atoms with Gasteiger partial charge in [-0.25, -0.2) is 4.39 Å². The molecule has 0 aliphatic carbocycles. The molecule has 0 aliphatic heterocycles. The molecular formula is C17H18FN3. The van der Waals surface area contributed by atoms with Gasteiger partial charge in [0.2, 0.25) is 0 Å². The number of rotatable bonds is 4. The van der Waals surface area contributed by atoms with Crippen LogP contribution in [-0.4, -0.2) is 16.1 Å². The summed E-state index contributed by atoms with van der Waals surface area (Å²) >= 11 is 0. The third-order valence-corrected chi connectivity index (χ3v) is 3.88. The van der Waals surface area contributed by atoms with E-state index in [-0.39, 0.29) is 11.9 Å². The van der Waals surface area contributed by atoms with Crippen molar-refractivity contribution in [1.29, 1.82) is 0 Å². The van der Waals surface area contributed by atoms with Crippen LogP contribution in [0.5, 0.6) is 0 Å². The summed E-state index contributed by atoms with van der Waals surface area (Å²) in [6.45, 7) is 2.57. The summed E-state index contributed by atoms with van der Waals surface area (Å²) in [5.41, 5.74) is 8.67. The number of nitrogens with zero attached hydrogens (tertiary/aromatic N) is 2. The Kier molecular flexibility index (Phi) is 3.71. The van der Waals surface area contributed by atoms with Gasteiger partial charge in [-0.2, -0.15) is 0 Å². The molecule has 21 heavy (non-hydrogen) atoms. The predicted octanol–water partition coefficient (Wildman–Crippen LogP) is 3.42. The molecule has 2 aromatic heterocycles. The molecule has 108 valence electrons. The SMILES string of the molecule is Cc1cn(C(CCN)c2ccncc2F)c2ccccc12. The molecule has 3 nitrogen and oxygen atoms in total. The summed E-state index contributed by atoms with van der Waals surface area (Å²) in [5, 5.41) is 1.19. The van der Waals surface area contributed by atoms with E-state index in [1.54, 1.807) is 12.3 Å². The zero-order valence-corrected chi connectivity index (χ0v) is 12.0. The number of hydrogen-bond donors (Lipinski definition) is 1. The highest BCUT2D eigenvalue weighted by Crippen LogP contribution is 2.30. The summed E-state index contributed by atoms with van der Waals surface area (Å²) < 4.78 is 16.3. The van der Waals surface area contributed by atoms with Crippen molar-refractivity contribution in [3.63, 3.8) is 0 Å². The minimum atomic E-state index is -0.286. The molecule has 0 aliphatic rings. The van der Waals surface area contributed by atoms with Crippen molar-refractivity contribution in [1.82, 2.24) is 9.55 Å². The summed E-state index contributed by atoms with van der Waals surface area (Å²) in [5.74, 6) is -0.286. The second-order valence-electron chi connectivity index (χ2n) is 5.23. The first-order valence-corrected chi connectivity index (χ1v) is 7.08. The maximum absolute atomic E-state index is 14.1. The first-order valence-electron chi connectivity index (χ1n) is 7.08. The lowest BCUT2D eigenvalue weighted by atomic mass is 10.0. The highest BCUT2D eigenvalue weighted by Gasteiger charge is 2.19. The Labute approximate surface area is 123 Å². The minimum Gasteiger partial charge on any atom is -0.340 e. The van der Waals surface area contributed by atoms with Gasteiger partial charge in [0, 0.05) is 28.9 Å². The van der Waals surface area contributed by atoms with Gasteiger partial charge in [-0.05, 0) is 37.6 Å². The minimum absolute atomic E-state index is 0.114. The molecule has 2 N–H and O–H groups in total. The summed E-state index contributed by atoms with van der Waals surface area (Å²) in [7, 11) is 0. The fourth-order valence-electron chi connectivity index (χ4n) is 2.90. The summed E-state index contributed by atoms with van der Waals surface area (Å²) in [6.07, 6.45) is 5.64. The zero-order chi connectivity index (χ0) is 14.8. The maximum Gasteiger partial charge on any atom is 0.146 e. The average Bonchev–Trinajstić information content (AvgIpc) is 2.83. The van der Waals surface area contributed by atoms with Crippen molar-refractivity contribution in [2.75, 3.05) is 6.54 Å². The third kappa shape index (κ3) is 2.43. The third-order valence-electron chi connectivity index (χ3n) is 3.88. The second-order valence-corrected chi connectivity index (χ2v) is 5.23. The molecule has 0 spiro atoms. The van der Waals surface area contributed by atoms with E-state index in [9.17, 15) is 4.39 Å². The molecule has 0 fully saturated rings. The molecule has 1 unspecified atom stereocenters. The molecular weight excluding hydrogens is 265 g/mol. The Morgan fingerprint density at radius 1 is 1.29 bits per heavy atom. The molecule has 0 saturated carbocycles. The molecule has 1 aromatic carbocycles. The Morgan fingerprint density at radius 3 is 2.86 bits per heavy atom. The van der Waals surface area contributed by atoms with Gasteiger partial charge in [0.25, 0.3) is 0 Å². The van der Waals surface area contributed by atoms with E-state index in [2.05, 4.69) is 34.8 Å². The van der Waals surface area contributed by atoms with Crippen LogP contribution in [-0.2, 0) is 0 Å². The van der Waals surface area contributed by atoms with Gasteiger partial charge in [0.05, 0.1) is 12.2 Å².